The summed E-state index contributed by atoms with van der Waals surface area (Å²) in [6.07, 6.45) is 7.75. The Hall–Kier alpha value is -2.56. The quantitative estimate of drug-likeness (QED) is 0.734. The number of rotatable bonds is 4. The largest absolute Gasteiger partial charge is 0.489 e. The fourth-order valence-electron chi connectivity index (χ4n) is 3.93. The normalized spacial score (nSPS) is 20.8. The van der Waals surface area contributed by atoms with E-state index >= 15 is 0 Å². The SMILES string of the molecule is CCCCC1C=Cc2c3c(c4oc(=O)cc(CC)c4c2O1)C(=O)CC(C)O3. The van der Waals surface area contributed by atoms with Gasteiger partial charge in [0.05, 0.1) is 10.9 Å². The minimum absolute atomic E-state index is 0.0351. The summed E-state index contributed by atoms with van der Waals surface area (Å²) >= 11 is 0. The number of benzene rings is 1. The molecule has 5 nitrogen and oxygen atoms in total. The highest BCUT2D eigenvalue weighted by molar-refractivity contribution is 6.13. The predicted molar refractivity (Wildman–Crippen MR) is 104 cm³/mol. The second-order valence-electron chi connectivity index (χ2n) is 7.31. The van der Waals surface area contributed by atoms with Gasteiger partial charge in [-0.1, -0.05) is 20.3 Å². The third kappa shape index (κ3) is 2.95. The predicted octanol–water partition coefficient (Wildman–Crippen LogP) is 4.67. The number of ether oxygens (including phenoxy) is 2. The van der Waals surface area contributed by atoms with Crippen molar-refractivity contribution in [3.63, 3.8) is 0 Å². The zero-order chi connectivity index (χ0) is 19.1. The van der Waals surface area contributed by atoms with Crippen molar-refractivity contribution in [3.05, 3.63) is 39.3 Å². The van der Waals surface area contributed by atoms with Crippen LogP contribution in [-0.4, -0.2) is 18.0 Å². The van der Waals surface area contributed by atoms with E-state index in [1.165, 1.54) is 6.07 Å². The van der Waals surface area contributed by atoms with E-state index in [9.17, 15) is 9.59 Å². The first-order valence-electron chi connectivity index (χ1n) is 9.74. The van der Waals surface area contributed by atoms with Crippen molar-refractivity contribution >= 4 is 22.8 Å². The lowest BCUT2D eigenvalue weighted by molar-refractivity contribution is 0.0870. The fourth-order valence-corrected chi connectivity index (χ4v) is 3.93. The Bertz CT molecular complexity index is 998. The van der Waals surface area contributed by atoms with Gasteiger partial charge in [-0.15, -0.1) is 0 Å². The highest BCUT2D eigenvalue weighted by Crippen LogP contribution is 2.47. The Kier molecular flexibility index (Phi) is 4.54. The Morgan fingerprint density at radius 2 is 1.96 bits per heavy atom. The molecule has 3 heterocycles. The van der Waals surface area contributed by atoms with E-state index in [4.69, 9.17) is 13.9 Å². The van der Waals surface area contributed by atoms with Gasteiger partial charge in [0.15, 0.2) is 11.4 Å². The average molecular weight is 368 g/mol. The number of hydrogen-bond donors (Lipinski definition) is 0. The highest BCUT2D eigenvalue weighted by atomic mass is 16.5. The van der Waals surface area contributed by atoms with Crippen LogP contribution in [0.25, 0.3) is 17.0 Å². The summed E-state index contributed by atoms with van der Waals surface area (Å²) in [5.74, 6) is 1.08. The molecule has 2 atom stereocenters. The molecular formula is C22H24O5. The van der Waals surface area contributed by atoms with E-state index in [2.05, 4.69) is 6.92 Å². The lowest BCUT2D eigenvalue weighted by atomic mass is 9.91. The minimum atomic E-state index is -0.457. The summed E-state index contributed by atoms with van der Waals surface area (Å²) < 4.78 is 17.9. The molecular weight excluding hydrogens is 344 g/mol. The number of Topliss-reactive ketones (excluding diaryl/α,β-unsaturated/α-hetero) is 1. The number of fused-ring (bicyclic) bond motifs is 6. The van der Waals surface area contributed by atoms with Crippen molar-refractivity contribution in [1.29, 1.82) is 0 Å². The second-order valence-corrected chi connectivity index (χ2v) is 7.31. The zero-order valence-corrected chi connectivity index (χ0v) is 16.0. The van der Waals surface area contributed by atoms with Gasteiger partial charge in [0.2, 0.25) is 0 Å². The van der Waals surface area contributed by atoms with Crippen molar-refractivity contribution in [1.82, 2.24) is 0 Å². The van der Waals surface area contributed by atoms with E-state index in [1.807, 2.05) is 26.0 Å². The van der Waals surface area contributed by atoms with Gasteiger partial charge in [-0.3, -0.25) is 4.79 Å². The molecule has 0 saturated heterocycles. The van der Waals surface area contributed by atoms with Crippen LogP contribution in [0.4, 0.5) is 0 Å². The number of hydrogen-bond acceptors (Lipinski definition) is 5. The molecule has 2 aromatic rings. The molecule has 0 aliphatic carbocycles. The lowest BCUT2D eigenvalue weighted by Gasteiger charge is -2.30. The first kappa shape index (κ1) is 17.8. The maximum Gasteiger partial charge on any atom is 0.336 e. The number of carbonyl (C=O) groups is 1. The van der Waals surface area contributed by atoms with Gasteiger partial charge in [-0.2, -0.15) is 0 Å². The number of carbonyl (C=O) groups excluding carboxylic acids is 1. The van der Waals surface area contributed by atoms with E-state index < -0.39 is 5.63 Å². The number of ketones is 1. The summed E-state index contributed by atoms with van der Waals surface area (Å²) in [7, 11) is 0. The Balaban J connectivity index is 2.03. The van der Waals surface area contributed by atoms with Crippen LogP contribution in [0.3, 0.4) is 0 Å². The number of aryl methyl sites for hydroxylation is 1. The number of unbranched alkanes of at least 4 members (excludes halogenated alkanes) is 1. The molecule has 0 radical (unpaired) electrons. The average Bonchev–Trinajstić information content (AvgIpc) is 2.64. The maximum atomic E-state index is 12.8. The molecule has 2 aliphatic rings. The fraction of sp³-hybridized carbons (Fsp3) is 0.455. The summed E-state index contributed by atoms with van der Waals surface area (Å²) in [6.45, 7) is 6.00. The summed E-state index contributed by atoms with van der Waals surface area (Å²) in [5, 5.41) is 0.725. The van der Waals surface area contributed by atoms with Crippen LogP contribution in [0, 0.1) is 0 Å². The first-order chi connectivity index (χ1) is 13.0. The molecule has 1 aromatic heterocycles. The van der Waals surface area contributed by atoms with Crippen LogP contribution in [0.2, 0.25) is 0 Å². The maximum absolute atomic E-state index is 12.8. The van der Waals surface area contributed by atoms with Gasteiger partial charge in [0.1, 0.15) is 29.3 Å². The van der Waals surface area contributed by atoms with Crippen LogP contribution in [0.15, 0.2) is 21.4 Å². The third-order valence-corrected chi connectivity index (χ3v) is 5.25. The third-order valence-electron chi connectivity index (χ3n) is 5.25. The lowest BCUT2D eigenvalue weighted by Crippen LogP contribution is -2.27. The summed E-state index contributed by atoms with van der Waals surface area (Å²) in [4.78, 5) is 24.9. The summed E-state index contributed by atoms with van der Waals surface area (Å²) in [6, 6.07) is 1.49. The van der Waals surface area contributed by atoms with E-state index in [-0.39, 0.29) is 24.4 Å². The molecule has 2 unspecified atom stereocenters. The van der Waals surface area contributed by atoms with Crippen LogP contribution in [-0.2, 0) is 6.42 Å². The first-order valence-corrected chi connectivity index (χ1v) is 9.74. The Labute approximate surface area is 158 Å². The Morgan fingerprint density at radius 3 is 2.70 bits per heavy atom. The van der Waals surface area contributed by atoms with Crippen LogP contribution >= 0.6 is 0 Å². The molecule has 27 heavy (non-hydrogen) atoms. The van der Waals surface area contributed by atoms with Gasteiger partial charge in [-0.25, -0.2) is 4.79 Å². The molecule has 0 amide bonds. The van der Waals surface area contributed by atoms with Crippen LogP contribution < -0.4 is 15.1 Å². The zero-order valence-electron chi connectivity index (χ0n) is 16.0. The van der Waals surface area contributed by atoms with Gasteiger partial charge in [0, 0.05) is 12.5 Å². The van der Waals surface area contributed by atoms with E-state index in [1.54, 1.807) is 0 Å². The molecule has 4 rings (SSSR count). The summed E-state index contributed by atoms with van der Waals surface area (Å²) in [5.41, 5.74) is 1.82. The van der Waals surface area contributed by atoms with Gasteiger partial charge in [0.25, 0.3) is 0 Å². The van der Waals surface area contributed by atoms with Crippen molar-refractivity contribution in [2.45, 2.75) is 65.1 Å². The van der Waals surface area contributed by atoms with Crippen LogP contribution in [0.5, 0.6) is 11.5 Å². The van der Waals surface area contributed by atoms with Crippen LogP contribution in [0.1, 0.15) is 67.9 Å². The minimum Gasteiger partial charge on any atom is -0.489 e. The van der Waals surface area contributed by atoms with Gasteiger partial charge >= 0.3 is 5.63 Å². The molecule has 142 valence electrons. The molecule has 1 aromatic carbocycles. The smallest absolute Gasteiger partial charge is 0.336 e. The molecule has 0 N–H and O–H groups in total. The highest BCUT2D eigenvalue weighted by Gasteiger charge is 2.34. The van der Waals surface area contributed by atoms with Crippen molar-refractivity contribution in [2.75, 3.05) is 0 Å². The Morgan fingerprint density at radius 1 is 1.15 bits per heavy atom. The molecule has 0 spiro atoms. The standard InChI is InChI=1S/C22H24O5/c1-4-6-7-14-8-9-15-20(26-14)18-13(5-2)11-17(24)27-22(18)19-16(23)10-12(3)25-21(15)19/h8-9,11-12,14H,4-7,10H2,1-3H3. The monoisotopic (exact) mass is 368 g/mol. The molecule has 0 bridgehead atoms. The molecule has 0 fully saturated rings. The topological polar surface area (TPSA) is 65.7 Å². The second kappa shape index (κ2) is 6.87. The van der Waals surface area contributed by atoms with Crippen molar-refractivity contribution in [2.24, 2.45) is 0 Å². The van der Waals surface area contributed by atoms with E-state index in [0.29, 0.717) is 29.1 Å². The van der Waals surface area contributed by atoms with E-state index in [0.717, 1.165) is 35.8 Å². The van der Waals surface area contributed by atoms with Gasteiger partial charge in [-0.05, 0) is 43.9 Å². The van der Waals surface area contributed by atoms with Crippen molar-refractivity contribution in [3.8, 4) is 11.5 Å². The molecule has 0 saturated carbocycles. The molecule has 5 heteroatoms. The van der Waals surface area contributed by atoms with Crippen molar-refractivity contribution < 1.29 is 18.7 Å². The van der Waals surface area contributed by atoms with Gasteiger partial charge < -0.3 is 13.9 Å². The molecule has 2 aliphatic heterocycles.